The van der Waals surface area contributed by atoms with Crippen molar-refractivity contribution in [2.24, 2.45) is 0 Å². The summed E-state index contributed by atoms with van der Waals surface area (Å²) in [4.78, 5) is 0. The van der Waals surface area contributed by atoms with Crippen molar-refractivity contribution in [2.45, 2.75) is 25.4 Å². The molecule has 0 bridgehead atoms. The Morgan fingerprint density at radius 1 is 1.24 bits per heavy atom. The number of rotatable bonds is 8. The fraction of sp³-hybridized carbons (Fsp3) is 0.467. The third-order valence-corrected chi connectivity index (χ3v) is 2.73. The molecule has 1 saturated heterocycles. The Morgan fingerprint density at radius 2 is 2.06 bits per heavy atom. The van der Waals surface area contributed by atoms with Crippen LogP contribution in [0.15, 0.2) is 36.4 Å². The lowest BCUT2D eigenvalue weighted by atomic mass is 10.2. The Bertz CT molecular complexity index is 328. The van der Waals surface area contributed by atoms with Gasteiger partial charge >= 0.3 is 0 Å². The minimum Gasteiger partial charge on any atom is -0.379 e. The number of epoxide rings is 1. The van der Waals surface area contributed by atoms with Crippen molar-refractivity contribution in [1.82, 2.24) is 0 Å². The number of allylic oxidation sites excluding steroid dienone is 1. The van der Waals surface area contributed by atoms with Crippen molar-refractivity contribution in [3.63, 3.8) is 0 Å². The van der Waals surface area contributed by atoms with E-state index >= 15 is 0 Å². The van der Waals surface area contributed by atoms with Crippen LogP contribution in [0, 0.1) is 0 Å². The standard InChI is InChI=1S/C15H20O2/c1(2-7-11-16-12-15-13-17-15)4-8-14-9-5-3-6-10-14/h3-6,8-10,15H,1-2,7,11-13H2. The van der Waals surface area contributed by atoms with Crippen molar-refractivity contribution in [1.29, 1.82) is 0 Å². The quantitative estimate of drug-likeness (QED) is 0.507. The molecule has 0 radical (unpaired) electrons. The molecule has 2 rings (SSSR count). The van der Waals surface area contributed by atoms with E-state index in [0.717, 1.165) is 32.7 Å². The first kappa shape index (κ1) is 12.3. The second-order valence-electron chi connectivity index (χ2n) is 4.34. The maximum absolute atomic E-state index is 5.47. The number of ether oxygens (including phenoxy) is 2. The molecule has 0 saturated carbocycles. The lowest BCUT2D eigenvalue weighted by molar-refractivity contribution is 0.113. The largest absolute Gasteiger partial charge is 0.379 e. The molecule has 1 unspecified atom stereocenters. The van der Waals surface area contributed by atoms with Gasteiger partial charge in [0.05, 0.1) is 13.2 Å². The van der Waals surface area contributed by atoms with Crippen LogP contribution in [-0.2, 0) is 9.47 Å². The van der Waals surface area contributed by atoms with Crippen molar-refractivity contribution in [2.75, 3.05) is 19.8 Å². The van der Waals surface area contributed by atoms with E-state index in [4.69, 9.17) is 9.47 Å². The Hall–Kier alpha value is -1.12. The van der Waals surface area contributed by atoms with Crippen LogP contribution in [0.2, 0.25) is 0 Å². The molecule has 2 heteroatoms. The highest BCUT2D eigenvalue weighted by molar-refractivity contribution is 5.48. The van der Waals surface area contributed by atoms with Crippen LogP contribution in [0.1, 0.15) is 24.8 Å². The molecule has 92 valence electrons. The van der Waals surface area contributed by atoms with Gasteiger partial charge in [0.15, 0.2) is 0 Å². The van der Waals surface area contributed by atoms with E-state index in [0.29, 0.717) is 6.10 Å². The molecule has 0 amide bonds. The molecule has 1 aliphatic rings. The van der Waals surface area contributed by atoms with Gasteiger partial charge in [-0.2, -0.15) is 0 Å². The van der Waals surface area contributed by atoms with Gasteiger partial charge in [-0.25, -0.2) is 0 Å². The molecule has 1 aromatic carbocycles. The predicted octanol–water partition coefficient (Wildman–Crippen LogP) is 3.29. The van der Waals surface area contributed by atoms with E-state index in [1.54, 1.807) is 0 Å². The monoisotopic (exact) mass is 232 g/mol. The second-order valence-corrected chi connectivity index (χ2v) is 4.34. The molecular weight excluding hydrogens is 212 g/mol. The van der Waals surface area contributed by atoms with E-state index in [2.05, 4.69) is 36.4 Å². The minimum absolute atomic E-state index is 0.396. The zero-order chi connectivity index (χ0) is 11.8. The van der Waals surface area contributed by atoms with Crippen molar-refractivity contribution < 1.29 is 9.47 Å². The van der Waals surface area contributed by atoms with Gasteiger partial charge in [-0.15, -0.1) is 0 Å². The molecule has 0 spiro atoms. The summed E-state index contributed by atoms with van der Waals surface area (Å²) in [5.74, 6) is 0. The summed E-state index contributed by atoms with van der Waals surface area (Å²) in [6.45, 7) is 2.53. The second kappa shape index (κ2) is 7.25. The molecule has 0 aliphatic carbocycles. The molecule has 17 heavy (non-hydrogen) atoms. The fourth-order valence-electron chi connectivity index (χ4n) is 1.63. The maximum atomic E-state index is 5.47. The Labute approximate surface area is 103 Å². The number of hydrogen-bond acceptors (Lipinski definition) is 2. The Balaban J connectivity index is 1.46. The highest BCUT2D eigenvalue weighted by Gasteiger charge is 2.21. The molecule has 1 heterocycles. The molecule has 1 fully saturated rings. The summed E-state index contributed by atoms with van der Waals surface area (Å²) in [7, 11) is 0. The molecule has 1 atom stereocenters. The van der Waals surface area contributed by atoms with Gasteiger partial charge in [0.25, 0.3) is 0 Å². The first-order valence-electron chi connectivity index (χ1n) is 6.36. The zero-order valence-corrected chi connectivity index (χ0v) is 10.2. The molecule has 1 aromatic rings. The third kappa shape index (κ3) is 5.66. The van der Waals surface area contributed by atoms with Gasteiger partial charge in [0.1, 0.15) is 6.10 Å². The molecule has 0 aromatic heterocycles. The van der Waals surface area contributed by atoms with Crippen LogP contribution in [0.3, 0.4) is 0 Å². The average molecular weight is 232 g/mol. The fourth-order valence-corrected chi connectivity index (χ4v) is 1.63. The maximum Gasteiger partial charge on any atom is 0.104 e. The van der Waals surface area contributed by atoms with Gasteiger partial charge in [0.2, 0.25) is 0 Å². The summed E-state index contributed by atoms with van der Waals surface area (Å²) in [6, 6.07) is 10.4. The molecule has 2 nitrogen and oxygen atoms in total. The smallest absolute Gasteiger partial charge is 0.104 e. The van der Waals surface area contributed by atoms with Crippen LogP contribution in [-0.4, -0.2) is 25.9 Å². The summed E-state index contributed by atoms with van der Waals surface area (Å²) in [5, 5.41) is 0. The first-order valence-corrected chi connectivity index (χ1v) is 6.36. The van der Waals surface area contributed by atoms with Gasteiger partial charge in [0, 0.05) is 6.61 Å². The van der Waals surface area contributed by atoms with Crippen LogP contribution in [0.5, 0.6) is 0 Å². The van der Waals surface area contributed by atoms with E-state index < -0.39 is 0 Å². The Morgan fingerprint density at radius 3 is 2.82 bits per heavy atom. The molecule has 1 aliphatic heterocycles. The van der Waals surface area contributed by atoms with Crippen molar-refractivity contribution in [3.05, 3.63) is 42.0 Å². The van der Waals surface area contributed by atoms with Crippen LogP contribution in [0.25, 0.3) is 6.08 Å². The highest BCUT2D eigenvalue weighted by Crippen LogP contribution is 2.09. The van der Waals surface area contributed by atoms with Gasteiger partial charge < -0.3 is 9.47 Å². The van der Waals surface area contributed by atoms with Crippen molar-refractivity contribution >= 4 is 6.08 Å². The average Bonchev–Trinajstić information content (AvgIpc) is 3.18. The normalized spacial score (nSPS) is 18.7. The number of unbranched alkanes of at least 4 members (excludes halogenated alkanes) is 2. The third-order valence-electron chi connectivity index (χ3n) is 2.73. The van der Waals surface area contributed by atoms with Gasteiger partial charge in [-0.05, 0) is 24.8 Å². The van der Waals surface area contributed by atoms with Crippen LogP contribution < -0.4 is 0 Å². The number of hydrogen-bond donors (Lipinski definition) is 0. The first-order chi connectivity index (χ1) is 8.45. The summed E-state index contributed by atoms with van der Waals surface area (Å²) < 4.78 is 10.5. The van der Waals surface area contributed by atoms with E-state index in [1.807, 2.05) is 6.07 Å². The van der Waals surface area contributed by atoms with Gasteiger partial charge in [-0.3, -0.25) is 0 Å². The lowest BCUT2D eigenvalue weighted by Gasteiger charge is -2.00. The molecular formula is C15H20O2. The van der Waals surface area contributed by atoms with Crippen LogP contribution >= 0.6 is 0 Å². The topological polar surface area (TPSA) is 21.8 Å². The van der Waals surface area contributed by atoms with E-state index in [1.165, 1.54) is 12.0 Å². The minimum atomic E-state index is 0.396. The van der Waals surface area contributed by atoms with E-state index in [9.17, 15) is 0 Å². The SMILES string of the molecule is C(=Cc1ccccc1)CCCCOCC1CO1. The van der Waals surface area contributed by atoms with Gasteiger partial charge in [-0.1, -0.05) is 42.5 Å². The highest BCUT2D eigenvalue weighted by atomic mass is 16.6. The summed E-state index contributed by atoms with van der Waals surface area (Å²) in [5.41, 5.74) is 1.27. The Kier molecular flexibility index (Phi) is 5.27. The van der Waals surface area contributed by atoms with Crippen LogP contribution in [0.4, 0.5) is 0 Å². The summed E-state index contributed by atoms with van der Waals surface area (Å²) in [6.07, 6.45) is 8.25. The number of benzene rings is 1. The van der Waals surface area contributed by atoms with Crippen molar-refractivity contribution in [3.8, 4) is 0 Å². The predicted molar refractivity (Wildman–Crippen MR) is 69.9 cm³/mol. The van der Waals surface area contributed by atoms with E-state index in [-0.39, 0.29) is 0 Å². The summed E-state index contributed by atoms with van der Waals surface area (Å²) >= 11 is 0. The molecule has 0 N–H and O–H groups in total. The lowest BCUT2D eigenvalue weighted by Crippen LogP contribution is -2.02. The zero-order valence-electron chi connectivity index (χ0n) is 10.2.